The average Bonchev–Trinajstić information content (AvgIpc) is 2.55. The van der Waals surface area contributed by atoms with Crippen molar-refractivity contribution in [3.05, 3.63) is 67.4 Å². The van der Waals surface area contributed by atoms with E-state index >= 15 is 0 Å². The molecular formula is C17H13F3N2O3S. The van der Waals surface area contributed by atoms with E-state index in [1.54, 1.807) is 6.07 Å². The minimum absolute atomic E-state index is 0.148. The van der Waals surface area contributed by atoms with Crippen molar-refractivity contribution in [3.63, 3.8) is 0 Å². The van der Waals surface area contributed by atoms with Crippen LogP contribution in [-0.2, 0) is 11.9 Å². The van der Waals surface area contributed by atoms with Gasteiger partial charge in [-0.05, 0) is 30.5 Å². The van der Waals surface area contributed by atoms with E-state index in [2.05, 4.69) is 9.97 Å². The van der Waals surface area contributed by atoms with E-state index < -0.39 is 23.1 Å². The molecule has 0 unspecified atom stereocenters. The molecule has 0 amide bonds. The number of aromatic nitrogens is 2. The Morgan fingerprint density at radius 2 is 1.92 bits per heavy atom. The predicted octanol–water partition coefficient (Wildman–Crippen LogP) is 3.80. The van der Waals surface area contributed by atoms with Crippen molar-refractivity contribution in [1.82, 2.24) is 9.97 Å². The Hall–Kier alpha value is -2.55. The van der Waals surface area contributed by atoms with Gasteiger partial charge in [0.1, 0.15) is 5.58 Å². The highest BCUT2D eigenvalue weighted by Crippen LogP contribution is 2.30. The van der Waals surface area contributed by atoms with Crippen LogP contribution in [0.5, 0.6) is 0 Å². The topological polar surface area (TPSA) is 76.0 Å². The first kappa shape index (κ1) is 18.2. The summed E-state index contributed by atoms with van der Waals surface area (Å²) in [5, 5.41) is 0.518. The third-order valence-corrected chi connectivity index (χ3v) is 4.81. The van der Waals surface area contributed by atoms with Crippen molar-refractivity contribution in [3.8, 4) is 0 Å². The number of hydrogen-bond donors (Lipinski definition) is 1. The van der Waals surface area contributed by atoms with E-state index in [4.69, 9.17) is 4.42 Å². The Labute approximate surface area is 149 Å². The Kier molecular flexibility index (Phi) is 4.66. The number of halogens is 3. The summed E-state index contributed by atoms with van der Waals surface area (Å²) in [5.41, 5.74) is 0.105. The molecule has 136 valence electrons. The number of benzene rings is 1. The number of nitrogens with one attached hydrogen (secondary N) is 1. The Morgan fingerprint density at radius 1 is 1.19 bits per heavy atom. The summed E-state index contributed by atoms with van der Waals surface area (Å²) in [5.74, 6) is 0.148. The average molecular weight is 382 g/mol. The maximum atomic E-state index is 12.8. The molecule has 1 aromatic carbocycles. The van der Waals surface area contributed by atoms with Crippen molar-refractivity contribution in [2.24, 2.45) is 0 Å². The predicted molar refractivity (Wildman–Crippen MR) is 91.4 cm³/mol. The molecule has 0 spiro atoms. The number of thioether (sulfide) groups is 1. The van der Waals surface area contributed by atoms with Gasteiger partial charge in [0.2, 0.25) is 0 Å². The fourth-order valence-corrected chi connectivity index (χ4v) is 3.31. The van der Waals surface area contributed by atoms with E-state index in [0.717, 1.165) is 22.9 Å². The van der Waals surface area contributed by atoms with Gasteiger partial charge < -0.3 is 9.40 Å². The zero-order valence-electron chi connectivity index (χ0n) is 13.7. The lowest BCUT2D eigenvalue weighted by Gasteiger charge is -2.09. The van der Waals surface area contributed by atoms with Gasteiger partial charge in [0.25, 0.3) is 5.56 Å². The molecule has 1 N–H and O–H groups in total. The van der Waals surface area contributed by atoms with Gasteiger partial charge in [-0.25, -0.2) is 9.78 Å². The number of aryl methyl sites for hydroxylation is 2. The molecule has 9 heteroatoms. The van der Waals surface area contributed by atoms with Gasteiger partial charge in [-0.1, -0.05) is 23.9 Å². The van der Waals surface area contributed by atoms with Gasteiger partial charge in [-0.3, -0.25) is 4.79 Å². The quantitative estimate of drug-likeness (QED) is 0.424. The zero-order chi connectivity index (χ0) is 19.1. The van der Waals surface area contributed by atoms with E-state index in [9.17, 15) is 22.8 Å². The molecule has 0 aliphatic rings. The highest BCUT2D eigenvalue weighted by atomic mass is 32.2. The molecule has 0 saturated carbocycles. The highest BCUT2D eigenvalue weighted by molar-refractivity contribution is 7.98. The van der Waals surface area contributed by atoms with E-state index in [0.29, 0.717) is 22.6 Å². The summed E-state index contributed by atoms with van der Waals surface area (Å²) in [6, 6.07) is 5.35. The second-order valence-electron chi connectivity index (χ2n) is 5.70. The van der Waals surface area contributed by atoms with Gasteiger partial charge in [-0.2, -0.15) is 13.2 Å². The van der Waals surface area contributed by atoms with Crippen LogP contribution in [0.3, 0.4) is 0 Å². The van der Waals surface area contributed by atoms with Gasteiger partial charge in [0.15, 0.2) is 10.9 Å². The molecule has 0 aliphatic heterocycles. The first-order valence-electron chi connectivity index (χ1n) is 7.49. The van der Waals surface area contributed by atoms with Crippen LogP contribution in [0.25, 0.3) is 11.0 Å². The number of rotatable bonds is 3. The number of alkyl halides is 3. The van der Waals surface area contributed by atoms with Crippen LogP contribution in [0.1, 0.15) is 22.4 Å². The molecule has 0 atom stereocenters. The maximum Gasteiger partial charge on any atom is 0.433 e. The van der Waals surface area contributed by atoms with Crippen molar-refractivity contribution in [2.45, 2.75) is 30.9 Å². The SMILES string of the molecule is Cc1ccc2c(CSc3nc(C(F)(F)F)cc(=O)[nH]3)cc(=O)oc2c1C. The minimum Gasteiger partial charge on any atom is -0.422 e. The summed E-state index contributed by atoms with van der Waals surface area (Å²) in [6.45, 7) is 3.71. The molecule has 3 rings (SSSR count). The number of nitrogens with zero attached hydrogens (tertiary/aromatic N) is 1. The second-order valence-corrected chi connectivity index (χ2v) is 6.66. The Morgan fingerprint density at radius 3 is 2.62 bits per heavy atom. The number of hydrogen-bond acceptors (Lipinski definition) is 5. The van der Waals surface area contributed by atoms with Gasteiger partial charge in [0, 0.05) is 23.3 Å². The molecule has 0 aliphatic carbocycles. The molecule has 0 radical (unpaired) electrons. The standard InChI is InChI=1S/C17H13F3N2O3S/c1-8-3-4-11-10(5-14(24)25-15(11)9(8)2)7-26-16-21-12(17(18,19)20)6-13(23)22-16/h3-6H,7H2,1-2H3,(H,21,22,23). The van der Waals surface area contributed by atoms with Crippen LogP contribution in [0.4, 0.5) is 13.2 Å². The van der Waals surface area contributed by atoms with Gasteiger partial charge >= 0.3 is 11.8 Å². The van der Waals surface area contributed by atoms with Crippen LogP contribution in [0.2, 0.25) is 0 Å². The summed E-state index contributed by atoms with van der Waals surface area (Å²) in [7, 11) is 0. The molecule has 5 nitrogen and oxygen atoms in total. The summed E-state index contributed by atoms with van der Waals surface area (Å²) in [4.78, 5) is 29.0. The highest BCUT2D eigenvalue weighted by Gasteiger charge is 2.33. The molecule has 3 aromatic rings. The van der Waals surface area contributed by atoms with Crippen LogP contribution in [0.15, 0.2) is 43.4 Å². The molecule has 2 heterocycles. The Bertz CT molecular complexity index is 1100. The van der Waals surface area contributed by atoms with Crippen molar-refractivity contribution < 1.29 is 17.6 Å². The molecule has 0 bridgehead atoms. The number of H-pyrrole nitrogens is 1. The zero-order valence-corrected chi connectivity index (χ0v) is 14.5. The molecule has 0 saturated heterocycles. The molecule has 2 aromatic heterocycles. The smallest absolute Gasteiger partial charge is 0.422 e. The molecular weight excluding hydrogens is 369 g/mol. The normalized spacial score (nSPS) is 11.9. The van der Waals surface area contributed by atoms with E-state index in [1.165, 1.54) is 6.07 Å². The summed E-state index contributed by atoms with van der Waals surface area (Å²) in [6.07, 6.45) is -4.71. The molecule has 0 fully saturated rings. The summed E-state index contributed by atoms with van der Waals surface area (Å²) >= 11 is 0.904. The van der Waals surface area contributed by atoms with Crippen molar-refractivity contribution in [2.75, 3.05) is 0 Å². The number of aromatic amines is 1. The lowest BCUT2D eigenvalue weighted by molar-refractivity contribution is -0.141. The lowest BCUT2D eigenvalue weighted by Crippen LogP contribution is -2.16. The van der Waals surface area contributed by atoms with Crippen LogP contribution in [-0.4, -0.2) is 9.97 Å². The van der Waals surface area contributed by atoms with Crippen molar-refractivity contribution >= 4 is 22.7 Å². The third-order valence-electron chi connectivity index (χ3n) is 3.89. The van der Waals surface area contributed by atoms with Gasteiger partial charge in [-0.15, -0.1) is 0 Å². The van der Waals surface area contributed by atoms with Crippen LogP contribution in [0, 0.1) is 13.8 Å². The first-order chi connectivity index (χ1) is 12.1. The largest absolute Gasteiger partial charge is 0.433 e. The van der Waals surface area contributed by atoms with E-state index in [1.807, 2.05) is 19.9 Å². The van der Waals surface area contributed by atoms with Crippen LogP contribution >= 0.6 is 11.8 Å². The van der Waals surface area contributed by atoms with Gasteiger partial charge in [0.05, 0.1) is 0 Å². The Balaban J connectivity index is 1.99. The first-order valence-corrected chi connectivity index (χ1v) is 8.48. The van der Waals surface area contributed by atoms with Crippen molar-refractivity contribution in [1.29, 1.82) is 0 Å². The monoisotopic (exact) mass is 382 g/mol. The fourth-order valence-electron chi connectivity index (χ4n) is 2.44. The minimum atomic E-state index is -4.71. The number of fused-ring (bicyclic) bond motifs is 1. The van der Waals surface area contributed by atoms with Crippen LogP contribution < -0.4 is 11.2 Å². The maximum absolute atomic E-state index is 12.8. The second kappa shape index (κ2) is 6.64. The fraction of sp³-hybridized carbons (Fsp3) is 0.235. The lowest BCUT2D eigenvalue weighted by atomic mass is 10.0. The molecule has 26 heavy (non-hydrogen) atoms. The summed E-state index contributed by atoms with van der Waals surface area (Å²) < 4.78 is 43.6. The third kappa shape index (κ3) is 3.67. The van der Waals surface area contributed by atoms with E-state index in [-0.39, 0.29) is 10.9 Å².